The third kappa shape index (κ3) is 2.71. The van der Waals surface area contributed by atoms with Gasteiger partial charge in [-0.15, -0.1) is 0 Å². The molecule has 1 spiro atoms. The number of ether oxygens (including phenoxy) is 3. The zero-order valence-corrected chi connectivity index (χ0v) is 14.0. The Balaban J connectivity index is 1.39. The summed E-state index contributed by atoms with van der Waals surface area (Å²) in [4.78, 5) is 27.8. The van der Waals surface area contributed by atoms with Crippen molar-refractivity contribution in [1.29, 1.82) is 0 Å². The van der Waals surface area contributed by atoms with Crippen LogP contribution in [0.3, 0.4) is 0 Å². The number of carbonyl (C=O) groups excluding carboxylic acids is 2. The van der Waals surface area contributed by atoms with E-state index in [1.165, 1.54) is 7.11 Å². The van der Waals surface area contributed by atoms with Gasteiger partial charge < -0.3 is 19.5 Å². The largest absolute Gasteiger partial charge is 0.453 e. The fourth-order valence-electron chi connectivity index (χ4n) is 4.67. The molecule has 2 unspecified atom stereocenters. The number of likely N-dealkylation sites (tertiary alicyclic amines) is 1. The normalized spacial score (nSPS) is 35.5. The number of piperidine rings is 2. The maximum Gasteiger partial charge on any atom is 0.410 e. The molecule has 4 heterocycles. The highest BCUT2D eigenvalue weighted by Gasteiger charge is 2.47. The van der Waals surface area contributed by atoms with E-state index in [-0.39, 0.29) is 29.9 Å². The van der Waals surface area contributed by atoms with Crippen molar-refractivity contribution in [3.8, 4) is 0 Å². The molecule has 134 valence electrons. The lowest BCUT2D eigenvalue weighted by molar-refractivity contribution is -0.0919. The molecule has 0 aromatic rings. The number of morpholine rings is 1. The van der Waals surface area contributed by atoms with Crippen LogP contribution in [0.1, 0.15) is 25.7 Å². The summed E-state index contributed by atoms with van der Waals surface area (Å²) in [6.07, 6.45) is 3.03. The quantitative estimate of drug-likeness (QED) is 0.752. The second-order valence-corrected chi connectivity index (χ2v) is 7.31. The number of fused-ring (bicyclic) bond motifs is 2. The van der Waals surface area contributed by atoms with E-state index in [4.69, 9.17) is 14.2 Å². The Bertz CT molecular complexity index is 506. The van der Waals surface area contributed by atoms with Crippen molar-refractivity contribution in [3.63, 3.8) is 0 Å². The first-order valence-electron chi connectivity index (χ1n) is 8.75. The predicted molar refractivity (Wildman–Crippen MR) is 83.7 cm³/mol. The highest BCUT2D eigenvalue weighted by Crippen LogP contribution is 2.35. The molecule has 0 aromatic heterocycles. The van der Waals surface area contributed by atoms with Gasteiger partial charge in [0.2, 0.25) is 0 Å². The van der Waals surface area contributed by atoms with Gasteiger partial charge in [0.05, 0.1) is 39.0 Å². The highest BCUT2D eigenvalue weighted by atomic mass is 16.6. The second-order valence-electron chi connectivity index (χ2n) is 7.31. The van der Waals surface area contributed by atoms with Crippen molar-refractivity contribution in [1.82, 2.24) is 15.1 Å². The number of hydrogen-bond donors (Lipinski definition) is 1. The topological polar surface area (TPSA) is 80.3 Å². The lowest BCUT2D eigenvalue weighted by Gasteiger charge is -2.51. The molecule has 0 aliphatic carbocycles. The molecule has 0 saturated carbocycles. The van der Waals surface area contributed by atoms with Gasteiger partial charge in [0.15, 0.2) is 0 Å². The molecular formula is C16H25N3O5. The Morgan fingerprint density at radius 3 is 2.42 bits per heavy atom. The van der Waals surface area contributed by atoms with Crippen LogP contribution in [0.2, 0.25) is 0 Å². The van der Waals surface area contributed by atoms with E-state index in [2.05, 4.69) is 10.2 Å². The van der Waals surface area contributed by atoms with Crippen molar-refractivity contribution in [2.24, 2.45) is 0 Å². The number of carbonyl (C=O) groups is 2. The minimum Gasteiger partial charge on any atom is -0.453 e. The third-order valence-electron chi connectivity index (χ3n) is 5.97. The van der Waals surface area contributed by atoms with Crippen LogP contribution >= 0.6 is 0 Å². The Kier molecular flexibility index (Phi) is 4.04. The van der Waals surface area contributed by atoms with Crippen LogP contribution in [0.25, 0.3) is 0 Å². The highest BCUT2D eigenvalue weighted by molar-refractivity contribution is 5.70. The number of hydrogen-bond acceptors (Lipinski definition) is 6. The minimum atomic E-state index is -0.306. The first-order valence-corrected chi connectivity index (χ1v) is 8.75. The van der Waals surface area contributed by atoms with Crippen LogP contribution in [0.15, 0.2) is 0 Å². The molecule has 8 nitrogen and oxygen atoms in total. The van der Waals surface area contributed by atoms with Crippen LogP contribution in [-0.4, -0.2) is 85.7 Å². The third-order valence-corrected chi connectivity index (χ3v) is 5.97. The van der Waals surface area contributed by atoms with Gasteiger partial charge in [-0.2, -0.15) is 0 Å². The van der Waals surface area contributed by atoms with Gasteiger partial charge in [-0.25, -0.2) is 9.59 Å². The summed E-state index contributed by atoms with van der Waals surface area (Å²) in [5.74, 6) is 0. The molecule has 24 heavy (non-hydrogen) atoms. The summed E-state index contributed by atoms with van der Waals surface area (Å²) in [7, 11) is 1.44. The summed E-state index contributed by atoms with van der Waals surface area (Å²) < 4.78 is 16.1. The second kappa shape index (κ2) is 6.07. The zero-order chi connectivity index (χ0) is 16.7. The number of methoxy groups -OCH3 is 1. The van der Waals surface area contributed by atoms with Crippen molar-refractivity contribution in [2.75, 3.05) is 40.0 Å². The van der Waals surface area contributed by atoms with Crippen LogP contribution in [0.5, 0.6) is 0 Å². The molecule has 4 aliphatic rings. The molecule has 4 aliphatic heterocycles. The van der Waals surface area contributed by atoms with Gasteiger partial charge in [0.1, 0.15) is 5.60 Å². The summed E-state index contributed by atoms with van der Waals surface area (Å²) in [5, 5.41) is 2.78. The maximum absolute atomic E-state index is 12.0. The lowest BCUT2D eigenvalue weighted by atomic mass is 9.85. The van der Waals surface area contributed by atoms with E-state index in [1.807, 2.05) is 4.90 Å². The van der Waals surface area contributed by atoms with E-state index < -0.39 is 0 Å². The molecule has 2 amide bonds. The van der Waals surface area contributed by atoms with E-state index in [1.54, 1.807) is 0 Å². The predicted octanol–water partition coefficient (Wildman–Crippen LogP) is 0.559. The monoisotopic (exact) mass is 339 g/mol. The van der Waals surface area contributed by atoms with Crippen LogP contribution in [-0.2, 0) is 14.2 Å². The van der Waals surface area contributed by atoms with Gasteiger partial charge in [-0.1, -0.05) is 0 Å². The average molecular weight is 339 g/mol. The summed E-state index contributed by atoms with van der Waals surface area (Å²) >= 11 is 0. The molecule has 8 heteroatoms. The van der Waals surface area contributed by atoms with E-state index in [0.717, 1.165) is 38.8 Å². The van der Waals surface area contributed by atoms with Gasteiger partial charge in [-0.3, -0.25) is 9.80 Å². The van der Waals surface area contributed by atoms with Crippen LogP contribution < -0.4 is 5.32 Å². The van der Waals surface area contributed by atoms with Gasteiger partial charge in [0, 0.05) is 32.0 Å². The SMILES string of the molecule is COC(=O)N1C2COCC1CC(N1CCC3(CC1)CNC(=O)O3)C2. The van der Waals surface area contributed by atoms with E-state index in [0.29, 0.717) is 25.8 Å². The molecular weight excluding hydrogens is 314 g/mol. The first kappa shape index (κ1) is 16.0. The van der Waals surface area contributed by atoms with Gasteiger partial charge >= 0.3 is 12.2 Å². The van der Waals surface area contributed by atoms with Crippen molar-refractivity contribution in [2.45, 2.75) is 49.4 Å². The Morgan fingerprint density at radius 2 is 1.88 bits per heavy atom. The maximum atomic E-state index is 12.0. The minimum absolute atomic E-state index is 0.0943. The molecule has 0 radical (unpaired) electrons. The van der Waals surface area contributed by atoms with Gasteiger partial charge in [-0.05, 0) is 12.8 Å². The number of nitrogens with zero attached hydrogens (tertiary/aromatic N) is 2. The van der Waals surface area contributed by atoms with Crippen molar-refractivity contribution in [3.05, 3.63) is 0 Å². The summed E-state index contributed by atoms with van der Waals surface area (Å²) in [5.41, 5.74) is -0.306. The molecule has 4 saturated heterocycles. The zero-order valence-electron chi connectivity index (χ0n) is 14.0. The molecule has 4 fully saturated rings. The number of alkyl carbamates (subject to hydrolysis) is 1. The number of amides is 2. The lowest BCUT2D eigenvalue weighted by Crippen LogP contribution is -2.63. The molecule has 2 bridgehead atoms. The fourth-order valence-corrected chi connectivity index (χ4v) is 4.67. The molecule has 2 atom stereocenters. The first-order chi connectivity index (χ1) is 11.6. The van der Waals surface area contributed by atoms with E-state index >= 15 is 0 Å². The molecule has 0 aromatic carbocycles. The summed E-state index contributed by atoms with van der Waals surface area (Å²) in [6, 6.07) is 0.640. The molecule has 1 N–H and O–H groups in total. The van der Waals surface area contributed by atoms with Gasteiger partial charge in [0.25, 0.3) is 0 Å². The smallest absolute Gasteiger partial charge is 0.410 e. The van der Waals surface area contributed by atoms with Crippen molar-refractivity contribution < 1.29 is 23.8 Å². The van der Waals surface area contributed by atoms with Crippen LogP contribution in [0.4, 0.5) is 9.59 Å². The Hall–Kier alpha value is -1.54. The van der Waals surface area contributed by atoms with E-state index in [9.17, 15) is 9.59 Å². The van der Waals surface area contributed by atoms with Crippen molar-refractivity contribution >= 4 is 12.2 Å². The molecule has 4 rings (SSSR count). The van der Waals surface area contributed by atoms with Crippen LogP contribution in [0, 0.1) is 0 Å². The summed E-state index contributed by atoms with van der Waals surface area (Å²) in [6.45, 7) is 3.65. The Labute approximate surface area is 141 Å². The average Bonchev–Trinajstić information content (AvgIpc) is 2.94. The number of rotatable bonds is 1. The standard InChI is InChI=1S/C16H25N3O5/c1-22-15(21)19-12-6-11(7-13(19)9-23-8-12)18-4-2-16(3-5-18)10-17-14(20)24-16/h11-13H,2-10H2,1H3,(H,17,20). The number of nitrogens with one attached hydrogen (secondary N) is 1. The Morgan fingerprint density at radius 1 is 1.21 bits per heavy atom. The fraction of sp³-hybridized carbons (Fsp3) is 0.875.